The monoisotopic (exact) mass is 337 g/mol. The van der Waals surface area contributed by atoms with E-state index in [1.807, 2.05) is 19.1 Å². The van der Waals surface area contributed by atoms with Gasteiger partial charge in [0.05, 0.1) is 23.2 Å². The predicted octanol–water partition coefficient (Wildman–Crippen LogP) is 4.17. The van der Waals surface area contributed by atoms with Gasteiger partial charge in [-0.2, -0.15) is 0 Å². The van der Waals surface area contributed by atoms with Crippen LogP contribution in [0, 0.1) is 12.7 Å². The molecule has 0 amide bonds. The van der Waals surface area contributed by atoms with Crippen molar-refractivity contribution in [1.29, 1.82) is 0 Å². The largest absolute Gasteiger partial charge is 0.469 e. The lowest BCUT2D eigenvalue weighted by molar-refractivity contribution is 0.0958. The summed E-state index contributed by atoms with van der Waals surface area (Å²) in [6.45, 7) is 1.81. The van der Waals surface area contributed by atoms with Gasteiger partial charge < -0.3 is 9.73 Å². The Morgan fingerprint density at radius 3 is 2.68 bits per heavy atom. The highest BCUT2D eigenvalue weighted by Crippen LogP contribution is 2.33. The Labute approximate surface area is 143 Å². The lowest BCUT2D eigenvalue weighted by Crippen LogP contribution is -2.22. The number of Topliss-reactive ketones (excluding diaryl/α,β-unsaturated/α-hetero) is 1. The number of nitrogens with one attached hydrogen (secondary N) is 1. The van der Waals surface area contributed by atoms with Gasteiger partial charge in [0, 0.05) is 24.4 Å². The van der Waals surface area contributed by atoms with Crippen molar-refractivity contribution in [2.75, 3.05) is 5.32 Å². The van der Waals surface area contributed by atoms with Crippen LogP contribution >= 0.6 is 0 Å². The summed E-state index contributed by atoms with van der Waals surface area (Å²) in [5, 5.41) is 3.06. The number of halogens is 1. The molecule has 6 heteroatoms. The fraction of sp³-hybridized carbons (Fsp3) is 0.211. The Kier molecular flexibility index (Phi) is 3.80. The van der Waals surface area contributed by atoms with Crippen LogP contribution in [-0.4, -0.2) is 15.8 Å². The number of benzene rings is 1. The van der Waals surface area contributed by atoms with Crippen molar-refractivity contribution < 1.29 is 13.6 Å². The molecular formula is C19H16FN3O2. The Balaban J connectivity index is 1.66. The molecular weight excluding hydrogens is 321 g/mol. The normalized spacial score (nSPS) is 16.6. The second-order valence-electron chi connectivity index (χ2n) is 6.13. The molecule has 2 heterocycles. The van der Waals surface area contributed by atoms with Crippen LogP contribution in [0.4, 0.5) is 16.0 Å². The summed E-state index contributed by atoms with van der Waals surface area (Å²) in [5.41, 5.74) is 2.66. The number of rotatable bonds is 3. The van der Waals surface area contributed by atoms with Crippen LogP contribution in [0.2, 0.25) is 0 Å². The third-order valence-electron chi connectivity index (χ3n) is 4.36. The summed E-state index contributed by atoms with van der Waals surface area (Å²) in [4.78, 5) is 21.4. The van der Waals surface area contributed by atoms with Crippen LogP contribution in [0.3, 0.4) is 0 Å². The molecule has 0 saturated heterocycles. The van der Waals surface area contributed by atoms with Crippen molar-refractivity contribution in [2.24, 2.45) is 0 Å². The molecule has 0 spiro atoms. The third-order valence-corrected chi connectivity index (χ3v) is 4.36. The van der Waals surface area contributed by atoms with Gasteiger partial charge in [-0.15, -0.1) is 0 Å². The summed E-state index contributed by atoms with van der Waals surface area (Å²) in [7, 11) is 0. The van der Waals surface area contributed by atoms with Gasteiger partial charge in [0.25, 0.3) is 0 Å². The molecule has 3 aromatic rings. The van der Waals surface area contributed by atoms with Gasteiger partial charge in [0.15, 0.2) is 5.78 Å². The van der Waals surface area contributed by atoms with Gasteiger partial charge in [-0.05, 0) is 43.3 Å². The van der Waals surface area contributed by atoms with Gasteiger partial charge in [-0.1, -0.05) is 0 Å². The first-order chi connectivity index (χ1) is 12.1. The third kappa shape index (κ3) is 3.03. The molecule has 0 saturated carbocycles. The number of nitrogens with zero attached hydrogens (tertiary/aromatic N) is 2. The summed E-state index contributed by atoms with van der Waals surface area (Å²) in [6, 6.07) is 9.67. The molecule has 0 fully saturated rings. The SMILES string of the molecule is Cc1nc(Nc2ccc(F)cc2)nc2c1C(=O)C[C@@H](c1ccco1)C2. The highest BCUT2D eigenvalue weighted by atomic mass is 19.1. The smallest absolute Gasteiger partial charge is 0.227 e. The van der Waals surface area contributed by atoms with Crippen molar-refractivity contribution in [1.82, 2.24) is 9.97 Å². The van der Waals surface area contributed by atoms with Crippen molar-refractivity contribution in [3.05, 3.63) is 71.2 Å². The zero-order valence-electron chi connectivity index (χ0n) is 13.6. The van der Waals surface area contributed by atoms with Gasteiger partial charge in [0.1, 0.15) is 11.6 Å². The number of fused-ring (bicyclic) bond motifs is 1. The second kappa shape index (κ2) is 6.12. The highest BCUT2D eigenvalue weighted by molar-refractivity contribution is 5.99. The van der Waals surface area contributed by atoms with Crippen molar-refractivity contribution in [3.63, 3.8) is 0 Å². The Hall–Kier alpha value is -3.02. The molecule has 126 valence electrons. The topological polar surface area (TPSA) is 68.0 Å². The molecule has 0 unspecified atom stereocenters. The van der Waals surface area contributed by atoms with E-state index in [-0.39, 0.29) is 17.5 Å². The van der Waals surface area contributed by atoms with E-state index in [2.05, 4.69) is 15.3 Å². The molecule has 0 radical (unpaired) electrons. The summed E-state index contributed by atoms with van der Waals surface area (Å²) >= 11 is 0. The standard InChI is InChI=1S/C19H16FN3O2/c1-11-18-15(9-12(10-16(18)24)17-3-2-8-25-17)23-19(21-11)22-14-6-4-13(20)5-7-14/h2-8,12H,9-10H2,1H3,(H,21,22,23)/t12-/m0/s1. The van der Waals surface area contributed by atoms with Crippen molar-refractivity contribution >= 4 is 17.4 Å². The van der Waals surface area contributed by atoms with Crippen LogP contribution in [0.25, 0.3) is 0 Å². The highest BCUT2D eigenvalue weighted by Gasteiger charge is 2.31. The van der Waals surface area contributed by atoms with Gasteiger partial charge in [0.2, 0.25) is 5.95 Å². The van der Waals surface area contributed by atoms with E-state index in [1.54, 1.807) is 18.4 Å². The van der Waals surface area contributed by atoms with Crippen LogP contribution in [0.15, 0.2) is 47.1 Å². The van der Waals surface area contributed by atoms with E-state index in [1.165, 1.54) is 12.1 Å². The lowest BCUT2D eigenvalue weighted by Gasteiger charge is -2.23. The number of anilines is 2. The maximum absolute atomic E-state index is 13.0. The predicted molar refractivity (Wildman–Crippen MR) is 90.6 cm³/mol. The minimum Gasteiger partial charge on any atom is -0.469 e. The zero-order chi connectivity index (χ0) is 17.4. The number of carbonyl (C=O) groups is 1. The average Bonchev–Trinajstić information content (AvgIpc) is 3.11. The molecule has 1 atom stereocenters. The minimum absolute atomic E-state index is 0.0111. The molecule has 0 bridgehead atoms. The number of aromatic nitrogens is 2. The van der Waals surface area contributed by atoms with E-state index < -0.39 is 0 Å². The molecule has 25 heavy (non-hydrogen) atoms. The Morgan fingerprint density at radius 1 is 1.16 bits per heavy atom. The molecule has 4 rings (SSSR count). The number of aryl methyl sites for hydroxylation is 1. The van der Waals surface area contributed by atoms with E-state index in [4.69, 9.17) is 4.42 Å². The lowest BCUT2D eigenvalue weighted by atomic mass is 9.84. The minimum atomic E-state index is -0.306. The summed E-state index contributed by atoms with van der Waals surface area (Å²) in [5.74, 6) is 0.912. The first-order valence-corrected chi connectivity index (χ1v) is 8.07. The maximum Gasteiger partial charge on any atom is 0.227 e. The van der Waals surface area contributed by atoms with Gasteiger partial charge in [-0.25, -0.2) is 14.4 Å². The van der Waals surface area contributed by atoms with Crippen molar-refractivity contribution in [3.8, 4) is 0 Å². The number of carbonyl (C=O) groups excluding carboxylic acids is 1. The number of ketones is 1. The Morgan fingerprint density at radius 2 is 1.96 bits per heavy atom. The van der Waals surface area contributed by atoms with E-state index >= 15 is 0 Å². The quantitative estimate of drug-likeness (QED) is 0.777. The van der Waals surface area contributed by atoms with Crippen LogP contribution in [0.5, 0.6) is 0 Å². The van der Waals surface area contributed by atoms with E-state index in [9.17, 15) is 9.18 Å². The number of hydrogen-bond acceptors (Lipinski definition) is 5. The van der Waals surface area contributed by atoms with Crippen LogP contribution in [0.1, 0.15) is 39.8 Å². The van der Waals surface area contributed by atoms with Crippen LogP contribution < -0.4 is 5.32 Å². The van der Waals surface area contributed by atoms with Crippen molar-refractivity contribution in [2.45, 2.75) is 25.7 Å². The van der Waals surface area contributed by atoms with Crippen LogP contribution in [-0.2, 0) is 6.42 Å². The van der Waals surface area contributed by atoms with Gasteiger partial charge in [-0.3, -0.25) is 4.79 Å². The molecule has 1 N–H and O–H groups in total. The fourth-order valence-electron chi connectivity index (χ4n) is 3.22. The number of hydrogen-bond donors (Lipinski definition) is 1. The first-order valence-electron chi connectivity index (χ1n) is 8.07. The second-order valence-corrected chi connectivity index (χ2v) is 6.13. The summed E-state index contributed by atoms with van der Waals surface area (Å²) in [6.07, 6.45) is 2.63. The molecule has 1 aliphatic carbocycles. The molecule has 0 aliphatic heterocycles. The molecule has 1 aromatic carbocycles. The Bertz CT molecular complexity index is 921. The molecule has 5 nitrogen and oxygen atoms in total. The zero-order valence-corrected chi connectivity index (χ0v) is 13.6. The van der Waals surface area contributed by atoms with Gasteiger partial charge >= 0.3 is 0 Å². The summed E-state index contributed by atoms with van der Waals surface area (Å²) < 4.78 is 18.5. The molecule has 1 aliphatic rings. The van der Waals surface area contributed by atoms with E-state index in [0.717, 1.165) is 11.5 Å². The molecule has 2 aromatic heterocycles. The number of furan rings is 1. The fourth-order valence-corrected chi connectivity index (χ4v) is 3.22. The average molecular weight is 337 g/mol. The van der Waals surface area contributed by atoms with E-state index in [0.29, 0.717) is 35.7 Å². The first kappa shape index (κ1) is 15.5. The maximum atomic E-state index is 13.0.